The molecule has 1 heterocycles. The van der Waals surface area contributed by atoms with Crippen molar-refractivity contribution in [3.8, 4) is 5.75 Å². The predicted octanol–water partition coefficient (Wildman–Crippen LogP) is 3.75. The van der Waals surface area contributed by atoms with E-state index in [9.17, 15) is 0 Å². The fourth-order valence-electron chi connectivity index (χ4n) is 3.09. The van der Waals surface area contributed by atoms with Crippen LogP contribution >= 0.6 is 0 Å². The van der Waals surface area contributed by atoms with E-state index in [0.717, 1.165) is 12.2 Å². The van der Waals surface area contributed by atoms with Crippen LogP contribution in [0.25, 0.3) is 0 Å². The summed E-state index contributed by atoms with van der Waals surface area (Å²) in [7, 11) is 0. The molecule has 1 aromatic carbocycles. The molecule has 1 aliphatic heterocycles. The molecule has 2 aliphatic rings. The SMILES string of the molecule is CC1(C)CC(NOC2CCCC2)c2ccccc2O1. The van der Waals surface area contributed by atoms with Gasteiger partial charge in [0.25, 0.3) is 0 Å². The molecular formula is C16H23NO2. The number of para-hydroxylation sites is 1. The summed E-state index contributed by atoms with van der Waals surface area (Å²) in [6.45, 7) is 4.26. The number of hydrogen-bond acceptors (Lipinski definition) is 3. The van der Waals surface area contributed by atoms with Gasteiger partial charge in [-0.2, -0.15) is 5.48 Å². The van der Waals surface area contributed by atoms with Gasteiger partial charge in [-0.15, -0.1) is 0 Å². The molecular weight excluding hydrogens is 238 g/mol. The molecule has 3 nitrogen and oxygen atoms in total. The highest BCUT2D eigenvalue weighted by molar-refractivity contribution is 5.38. The van der Waals surface area contributed by atoms with Crippen LogP contribution in [0, 0.1) is 0 Å². The largest absolute Gasteiger partial charge is 0.487 e. The zero-order valence-electron chi connectivity index (χ0n) is 11.8. The molecule has 0 radical (unpaired) electrons. The fourth-order valence-corrected chi connectivity index (χ4v) is 3.09. The van der Waals surface area contributed by atoms with Crippen molar-refractivity contribution in [3.63, 3.8) is 0 Å². The third kappa shape index (κ3) is 2.93. The Kier molecular flexibility index (Phi) is 3.50. The standard InChI is InChI=1S/C16H23NO2/c1-16(2)11-14(17-19-12-7-3-4-8-12)13-9-5-6-10-15(13)18-16/h5-6,9-10,12,14,17H,3-4,7-8,11H2,1-2H3. The molecule has 0 bridgehead atoms. The maximum Gasteiger partial charge on any atom is 0.124 e. The first-order chi connectivity index (χ1) is 9.14. The van der Waals surface area contributed by atoms with E-state index in [4.69, 9.17) is 9.57 Å². The second-order valence-electron chi connectivity index (χ2n) is 6.30. The summed E-state index contributed by atoms with van der Waals surface area (Å²) >= 11 is 0. The van der Waals surface area contributed by atoms with E-state index in [2.05, 4.69) is 31.5 Å². The van der Waals surface area contributed by atoms with Crippen molar-refractivity contribution < 1.29 is 9.57 Å². The van der Waals surface area contributed by atoms with Gasteiger partial charge in [0.1, 0.15) is 11.4 Å². The molecule has 1 unspecified atom stereocenters. The summed E-state index contributed by atoms with van der Waals surface area (Å²) in [4.78, 5) is 5.89. The Hall–Kier alpha value is -1.06. The Morgan fingerprint density at radius 3 is 2.74 bits per heavy atom. The first-order valence-corrected chi connectivity index (χ1v) is 7.33. The highest BCUT2D eigenvalue weighted by Crippen LogP contribution is 2.39. The molecule has 3 heteroatoms. The van der Waals surface area contributed by atoms with Crippen LogP contribution in [0.3, 0.4) is 0 Å². The molecule has 1 fully saturated rings. The molecule has 1 aromatic rings. The second kappa shape index (κ2) is 5.14. The van der Waals surface area contributed by atoms with Crippen LogP contribution in [0.1, 0.15) is 57.6 Å². The Morgan fingerprint density at radius 2 is 1.95 bits per heavy atom. The fraction of sp³-hybridized carbons (Fsp3) is 0.625. The number of benzene rings is 1. The maximum atomic E-state index is 6.03. The van der Waals surface area contributed by atoms with Gasteiger partial charge in [0.2, 0.25) is 0 Å². The minimum absolute atomic E-state index is 0.148. The topological polar surface area (TPSA) is 30.5 Å². The average molecular weight is 261 g/mol. The van der Waals surface area contributed by atoms with Gasteiger partial charge in [-0.25, -0.2) is 0 Å². The maximum absolute atomic E-state index is 6.03. The monoisotopic (exact) mass is 261 g/mol. The van der Waals surface area contributed by atoms with Gasteiger partial charge in [0.15, 0.2) is 0 Å². The van der Waals surface area contributed by atoms with Crippen LogP contribution in [0.5, 0.6) is 5.75 Å². The lowest BCUT2D eigenvalue weighted by atomic mass is 9.90. The smallest absolute Gasteiger partial charge is 0.124 e. The van der Waals surface area contributed by atoms with Crippen molar-refractivity contribution in [3.05, 3.63) is 29.8 Å². The van der Waals surface area contributed by atoms with Crippen molar-refractivity contribution in [2.75, 3.05) is 0 Å². The van der Waals surface area contributed by atoms with Crippen LogP contribution < -0.4 is 10.2 Å². The number of rotatable bonds is 3. The van der Waals surface area contributed by atoms with E-state index in [0.29, 0.717) is 6.10 Å². The third-order valence-electron chi connectivity index (χ3n) is 4.06. The van der Waals surface area contributed by atoms with Crippen LogP contribution in [0.15, 0.2) is 24.3 Å². The highest BCUT2D eigenvalue weighted by Gasteiger charge is 2.34. The number of hydrogen-bond donors (Lipinski definition) is 1. The minimum atomic E-state index is -0.148. The molecule has 0 saturated heterocycles. The number of nitrogens with one attached hydrogen (secondary N) is 1. The Labute approximate surface area is 115 Å². The van der Waals surface area contributed by atoms with E-state index < -0.39 is 0 Å². The quantitative estimate of drug-likeness (QED) is 0.840. The Balaban J connectivity index is 1.72. The third-order valence-corrected chi connectivity index (χ3v) is 4.06. The van der Waals surface area contributed by atoms with Gasteiger partial charge in [-0.3, -0.25) is 4.84 Å². The van der Waals surface area contributed by atoms with Crippen molar-refractivity contribution in [1.82, 2.24) is 5.48 Å². The van der Waals surface area contributed by atoms with Crippen LogP contribution in [-0.2, 0) is 4.84 Å². The van der Waals surface area contributed by atoms with Crippen molar-refractivity contribution >= 4 is 0 Å². The lowest BCUT2D eigenvalue weighted by Crippen LogP contribution is -2.40. The normalized spacial score (nSPS) is 25.9. The van der Waals surface area contributed by atoms with E-state index in [1.54, 1.807) is 0 Å². The van der Waals surface area contributed by atoms with Gasteiger partial charge in [-0.1, -0.05) is 31.0 Å². The first kappa shape index (κ1) is 12.9. The molecule has 104 valence electrons. The summed E-state index contributed by atoms with van der Waals surface area (Å²) in [5.41, 5.74) is 4.36. The molecule has 1 atom stereocenters. The molecule has 1 saturated carbocycles. The van der Waals surface area contributed by atoms with Crippen LogP contribution in [-0.4, -0.2) is 11.7 Å². The summed E-state index contributed by atoms with van der Waals surface area (Å²) in [5, 5.41) is 0. The molecule has 0 spiro atoms. The number of ether oxygens (including phenoxy) is 1. The summed E-state index contributed by atoms with van der Waals surface area (Å²) in [6.07, 6.45) is 6.27. The minimum Gasteiger partial charge on any atom is -0.487 e. The summed E-state index contributed by atoms with van der Waals surface area (Å²) in [6, 6.07) is 8.47. The first-order valence-electron chi connectivity index (χ1n) is 7.33. The Morgan fingerprint density at radius 1 is 1.21 bits per heavy atom. The zero-order valence-corrected chi connectivity index (χ0v) is 11.8. The molecule has 0 aromatic heterocycles. The highest BCUT2D eigenvalue weighted by atomic mass is 16.7. The van der Waals surface area contributed by atoms with Gasteiger partial charge in [0, 0.05) is 12.0 Å². The average Bonchev–Trinajstić information content (AvgIpc) is 2.87. The number of hydroxylamine groups is 1. The molecule has 1 aliphatic carbocycles. The van der Waals surface area contributed by atoms with E-state index in [1.807, 2.05) is 12.1 Å². The lowest BCUT2D eigenvalue weighted by molar-refractivity contribution is -0.0615. The van der Waals surface area contributed by atoms with E-state index >= 15 is 0 Å². The van der Waals surface area contributed by atoms with Gasteiger partial charge in [-0.05, 0) is 32.8 Å². The van der Waals surface area contributed by atoms with Crippen LogP contribution in [0.4, 0.5) is 0 Å². The molecule has 1 N–H and O–H groups in total. The zero-order chi connectivity index (χ0) is 13.3. The lowest BCUT2D eigenvalue weighted by Gasteiger charge is -2.38. The molecule has 19 heavy (non-hydrogen) atoms. The van der Waals surface area contributed by atoms with Gasteiger partial charge >= 0.3 is 0 Å². The van der Waals surface area contributed by atoms with Crippen molar-refractivity contribution in [2.45, 2.75) is 63.7 Å². The molecule has 0 amide bonds. The van der Waals surface area contributed by atoms with E-state index in [-0.39, 0.29) is 11.6 Å². The number of fused-ring (bicyclic) bond motifs is 1. The Bertz CT molecular complexity index is 438. The second-order valence-corrected chi connectivity index (χ2v) is 6.30. The van der Waals surface area contributed by atoms with E-state index in [1.165, 1.54) is 31.2 Å². The predicted molar refractivity (Wildman–Crippen MR) is 75.0 cm³/mol. The molecule has 3 rings (SSSR count). The van der Waals surface area contributed by atoms with Gasteiger partial charge in [0.05, 0.1) is 12.1 Å². The van der Waals surface area contributed by atoms with Crippen molar-refractivity contribution in [1.29, 1.82) is 0 Å². The van der Waals surface area contributed by atoms with Gasteiger partial charge < -0.3 is 4.74 Å². The van der Waals surface area contributed by atoms with Crippen molar-refractivity contribution in [2.24, 2.45) is 0 Å². The van der Waals surface area contributed by atoms with Crippen LogP contribution in [0.2, 0.25) is 0 Å². The summed E-state index contributed by atoms with van der Waals surface area (Å²) in [5.74, 6) is 0.978. The summed E-state index contributed by atoms with van der Waals surface area (Å²) < 4.78 is 6.03.